The Balaban J connectivity index is 2.24. The molecule has 0 saturated carbocycles. The van der Waals surface area contributed by atoms with Crippen molar-refractivity contribution in [3.05, 3.63) is 60.2 Å². The topological polar surface area (TPSA) is 57.7 Å². The number of amides is 1. The molecule has 0 saturated heterocycles. The van der Waals surface area contributed by atoms with E-state index in [-0.39, 0.29) is 18.9 Å². The van der Waals surface area contributed by atoms with Gasteiger partial charge in [-0.15, -0.1) is 0 Å². The van der Waals surface area contributed by atoms with Crippen LogP contribution in [-0.4, -0.2) is 33.7 Å². The highest BCUT2D eigenvalue weighted by Gasteiger charge is 2.26. The Labute approximate surface area is 151 Å². The van der Waals surface area contributed by atoms with Crippen LogP contribution >= 0.6 is 0 Å². The van der Waals surface area contributed by atoms with E-state index in [1.54, 1.807) is 31.2 Å². The van der Waals surface area contributed by atoms with E-state index in [4.69, 9.17) is 0 Å². The summed E-state index contributed by atoms with van der Waals surface area (Å²) in [5.41, 5.74) is -0.00598. The van der Waals surface area contributed by atoms with Crippen LogP contribution in [0.4, 0.5) is 20.2 Å². The monoisotopic (exact) mass is 382 g/mol. The Morgan fingerprint density at radius 3 is 2.08 bits per heavy atom. The molecule has 2 aromatic carbocycles. The molecular formula is C18H20F2N2O3S. The molecule has 0 atom stereocenters. The molecule has 0 bridgehead atoms. The fourth-order valence-corrected chi connectivity index (χ4v) is 3.54. The molecule has 8 heteroatoms. The van der Waals surface area contributed by atoms with Crippen molar-refractivity contribution in [1.29, 1.82) is 0 Å². The van der Waals surface area contributed by atoms with Gasteiger partial charge in [-0.3, -0.25) is 9.10 Å². The quantitative estimate of drug-likeness (QED) is 0.739. The number of rotatable bonds is 7. The summed E-state index contributed by atoms with van der Waals surface area (Å²) in [6.45, 7) is 1.81. The number of para-hydroxylation sites is 2. The number of carbonyl (C=O) groups is 1. The predicted octanol–water partition coefficient (Wildman–Crippen LogP) is 3.17. The molecule has 2 aromatic rings. The number of hydrogen-bond acceptors (Lipinski definition) is 3. The van der Waals surface area contributed by atoms with Crippen molar-refractivity contribution in [1.82, 2.24) is 0 Å². The maximum Gasteiger partial charge on any atom is 0.232 e. The predicted molar refractivity (Wildman–Crippen MR) is 97.6 cm³/mol. The fraction of sp³-hybridized carbons (Fsp3) is 0.278. The van der Waals surface area contributed by atoms with Gasteiger partial charge in [0, 0.05) is 25.2 Å². The third-order valence-electron chi connectivity index (χ3n) is 3.80. The lowest BCUT2D eigenvalue weighted by molar-refractivity contribution is -0.118. The number of sulfonamides is 1. The third kappa shape index (κ3) is 4.57. The van der Waals surface area contributed by atoms with Crippen LogP contribution in [0.5, 0.6) is 0 Å². The summed E-state index contributed by atoms with van der Waals surface area (Å²) in [5, 5.41) is 0. The SMILES string of the molecule is CCN(C(=O)CCN(c1c(F)cccc1F)S(C)(=O)=O)c1ccccc1. The molecule has 0 N–H and O–H groups in total. The van der Waals surface area contributed by atoms with Gasteiger partial charge in [0.1, 0.15) is 5.69 Å². The van der Waals surface area contributed by atoms with Crippen LogP contribution in [-0.2, 0) is 14.8 Å². The van der Waals surface area contributed by atoms with E-state index >= 15 is 0 Å². The van der Waals surface area contributed by atoms with Crippen molar-refractivity contribution in [3.8, 4) is 0 Å². The van der Waals surface area contributed by atoms with Crippen LogP contribution in [0.15, 0.2) is 48.5 Å². The van der Waals surface area contributed by atoms with E-state index in [1.807, 2.05) is 6.07 Å². The fourth-order valence-electron chi connectivity index (χ4n) is 2.61. The molecular weight excluding hydrogens is 362 g/mol. The summed E-state index contributed by atoms with van der Waals surface area (Å²) < 4.78 is 52.7. The van der Waals surface area contributed by atoms with Crippen molar-refractivity contribution in [3.63, 3.8) is 0 Å². The number of halogens is 2. The molecule has 0 heterocycles. The molecule has 2 rings (SSSR count). The molecule has 0 aliphatic carbocycles. The van der Waals surface area contributed by atoms with Gasteiger partial charge in [0.15, 0.2) is 11.6 Å². The molecule has 0 spiro atoms. The Morgan fingerprint density at radius 2 is 1.58 bits per heavy atom. The van der Waals surface area contributed by atoms with Gasteiger partial charge in [-0.05, 0) is 31.2 Å². The van der Waals surface area contributed by atoms with Gasteiger partial charge >= 0.3 is 0 Å². The van der Waals surface area contributed by atoms with E-state index < -0.39 is 27.3 Å². The molecule has 5 nitrogen and oxygen atoms in total. The van der Waals surface area contributed by atoms with Gasteiger partial charge in [-0.1, -0.05) is 24.3 Å². The number of anilines is 2. The van der Waals surface area contributed by atoms with Gasteiger partial charge in [0.2, 0.25) is 15.9 Å². The van der Waals surface area contributed by atoms with Gasteiger partial charge < -0.3 is 4.90 Å². The van der Waals surface area contributed by atoms with Gasteiger partial charge in [-0.2, -0.15) is 0 Å². The first-order valence-electron chi connectivity index (χ1n) is 8.02. The largest absolute Gasteiger partial charge is 0.313 e. The van der Waals surface area contributed by atoms with Crippen molar-refractivity contribution >= 4 is 27.3 Å². The molecule has 0 aromatic heterocycles. The molecule has 0 fully saturated rings. The van der Waals surface area contributed by atoms with Crippen LogP contribution in [0.3, 0.4) is 0 Å². The minimum Gasteiger partial charge on any atom is -0.313 e. The highest BCUT2D eigenvalue weighted by Crippen LogP contribution is 2.26. The van der Waals surface area contributed by atoms with Crippen molar-refractivity contribution in [2.75, 3.05) is 28.6 Å². The van der Waals surface area contributed by atoms with Crippen molar-refractivity contribution in [2.24, 2.45) is 0 Å². The summed E-state index contributed by atoms with van der Waals surface area (Å²) in [7, 11) is -3.97. The van der Waals surface area contributed by atoms with Crippen LogP contribution in [0.25, 0.3) is 0 Å². The minimum atomic E-state index is -3.97. The second-order valence-electron chi connectivity index (χ2n) is 5.63. The van der Waals surface area contributed by atoms with E-state index in [9.17, 15) is 22.0 Å². The number of carbonyl (C=O) groups excluding carboxylic acids is 1. The third-order valence-corrected chi connectivity index (χ3v) is 4.97. The normalized spacial score (nSPS) is 11.2. The lowest BCUT2D eigenvalue weighted by Gasteiger charge is -2.25. The first-order chi connectivity index (χ1) is 12.3. The second kappa shape index (κ2) is 8.27. The first-order valence-corrected chi connectivity index (χ1v) is 9.87. The van der Waals surface area contributed by atoms with Gasteiger partial charge in [0.25, 0.3) is 0 Å². The Kier molecular flexibility index (Phi) is 6.31. The van der Waals surface area contributed by atoms with E-state index in [0.29, 0.717) is 16.5 Å². The zero-order chi connectivity index (χ0) is 19.3. The number of hydrogen-bond donors (Lipinski definition) is 0. The Morgan fingerprint density at radius 1 is 1.00 bits per heavy atom. The standard InChI is InChI=1S/C18H20F2N2O3S/c1-3-21(14-8-5-4-6-9-14)17(23)12-13-22(26(2,24)25)18-15(19)10-7-11-16(18)20/h4-11H,3,12-13H2,1-2H3. The van der Waals surface area contributed by atoms with Crippen molar-refractivity contribution in [2.45, 2.75) is 13.3 Å². The molecule has 0 unspecified atom stereocenters. The zero-order valence-electron chi connectivity index (χ0n) is 14.5. The van der Waals surface area contributed by atoms with Crippen LogP contribution < -0.4 is 9.21 Å². The average Bonchev–Trinajstić information content (AvgIpc) is 2.58. The summed E-state index contributed by atoms with van der Waals surface area (Å²) in [6, 6.07) is 12.0. The van der Waals surface area contributed by atoms with Crippen LogP contribution in [0, 0.1) is 11.6 Å². The first kappa shape index (κ1) is 19.8. The van der Waals surface area contributed by atoms with E-state index in [0.717, 1.165) is 24.5 Å². The summed E-state index contributed by atoms with van der Waals surface area (Å²) >= 11 is 0. The van der Waals surface area contributed by atoms with Crippen LogP contribution in [0.2, 0.25) is 0 Å². The smallest absolute Gasteiger partial charge is 0.232 e. The highest BCUT2D eigenvalue weighted by molar-refractivity contribution is 7.92. The second-order valence-corrected chi connectivity index (χ2v) is 7.54. The van der Waals surface area contributed by atoms with E-state index in [1.165, 1.54) is 4.90 Å². The maximum absolute atomic E-state index is 14.0. The van der Waals surface area contributed by atoms with Gasteiger partial charge in [-0.25, -0.2) is 17.2 Å². The average molecular weight is 382 g/mol. The zero-order valence-corrected chi connectivity index (χ0v) is 15.3. The minimum absolute atomic E-state index is 0.219. The molecule has 0 aliphatic rings. The summed E-state index contributed by atoms with van der Waals surface area (Å²) in [5.74, 6) is -2.35. The number of benzene rings is 2. The van der Waals surface area contributed by atoms with Crippen molar-refractivity contribution < 1.29 is 22.0 Å². The van der Waals surface area contributed by atoms with E-state index in [2.05, 4.69) is 0 Å². The molecule has 1 amide bonds. The van der Waals surface area contributed by atoms with Crippen LogP contribution in [0.1, 0.15) is 13.3 Å². The Hall–Kier alpha value is -2.48. The lowest BCUT2D eigenvalue weighted by atomic mass is 10.2. The number of nitrogens with zero attached hydrogens (tertiary/aromatic N) is 2. The molecule has 0 aliphatic heterocycles. The lowest BCUT2D eigenvalue weighted by Crippen LogP contribution is -2.37. The van der Waals surface area contributed by atoms with Gasteiger partial charge in [0.05, 0.1) is 6.26 Å². The molecule has 26 heavy (non-hydrogen) atoms. The highest BCUT2D eigenvalue weighted by atomic mass is 32.2. The summed E-state index contributed by atoms with van der Waals surface area (Å²) in [6.07, 6.45) is 0.627. The maximum atomic E-state index is 14.0. The molecule has 140 valence electrons. The summed E-state index contributed by atoms with van der Waals surface area (Å²) in [4.78, 5) is 14.0. The molecule has 0 radical (unpaired) electrons. The Bertz CT molecular complexity index is 853.